The molecule has 0 bridgehead atoms. The van der Waals surface area contributed by atoms with Gasteiger partial charge in [-0.2, -0.15) is 0 Å². The van der Waals surface area contributed by atoms with Crippen molar-refractivity contribution in [2.45, 2.75) is 6.54 Å². The first kappa shape index (κ1) is 8.59. The fourth-order valence-corrected chi connectivity index (χ4v) is 1.36. The molecule has 0 saturated carbocycles. The molecule has 0 amide bonds. The van der Waals surface area contributed by atoms with Crippen LogP contribution in [0.15, 0.2) is 12.3 Å². The zero-order valence-corrected chi connectivity index (χ0v) is 7.44. The second-order valence-electron chi connectivity index (χ2n) is 3.04. The maximum absolute atomic E-state index is 5.26. The molecule has 1 saturated heterocycles. The number of nitrogens with zero attached hydrogens (tertiary/aromatic N) is 3. The molecule has 4 nitrogen and oxygen atoms in total. The van der Waals surface area contributed by atoms with Gasteiger partial charge in [-0.05, 0) is 6.07 Å². The van der Waals surface area contributed by atoms with E-state index < -0.39 is 0 Å². The summed E-state index contributed by atoms with van der Waals surface area (Å²) in [7, 11) is 0. The number of ether oxygens (including phenoxy) is 1. The van der Waals surface area contributed by atoms with Crippen LogP contribution in [0.4, 0.5) is 0 Å². The molecule has 4 heteroatoms. The fourth-order valence-electron chi connectivity index (χ4n) is 1.36. The summed E-state index contributed by atoms with van der Waals surface area (Å²) in [5.74, 6) is 0. The Labute approximate surface area is 77.6 Å². The first-order valence-electron chi connectivity index (χ1n) is 4.43. The normalized spacial score (nSPS) is 18.8. The van der Waals surface area contributed by atoms with Crippen molar-refractivity contribution < 1.29 is 4.74 Å². The second-order valence-corrected chi connectivity index (χ2v) is 3.04. The Morgan fingerprint density at radius 3 is 3.00 bits per heavy atom. The summed E-state index contributed by atoms with van der Waals surface area (Å²) in [5.41, 5.74) is 1.02. The number of hydrogen-bond donors (Lipinski definition) is 0. The summed E-state index contributed by atoms with van der Waals surface area (Å²) in [6.07, 6.45) is 4.32. The summed E-state index contributed by atoms with van der Waals surface area (Å²) in [5, 5.41) is 0. The third kappa shape index (κ3) is 2.47. The van der Waals surface area contributed by atoms with E-state index >= 15 is 0 Å². The average Bonchev–Trinajstić information content (AvgIpc) is 2.21. The van der Waals surface area contributed by atoms with Crippen molar-refractivity contribution in [1.29, 1.82) is 0 Å². The lowest BCUT2D eigenvalue weighted by Crippen LogP contribution is -2.35. The quantitative estimate of drug-likeness (QED) is 0.644. The summed E-state index contributed by atoms with van der Waals surface area (Å²) >= 11 is 0. The van der Waals surface area contributed by atoms with Crippen molar-refractivity contribution in [3.05, 3.63) is 24.3 Å². The van der Waals surface area contributed by atoms with Crippen LogP contribution in [0.5, 0.6) is 0 Å². The van der Waals surface area contributed by atoms with Crippen LogP contribution in [0.3, 0.4) is 0 Å². The van der Waals surface area contributed by atoms with Gasteiger partial charge >= 0.3 is 0 Å². The van der Waals surface area contributed by atoms with Crippen molar-refractivity contribution in [3.63, 3.8) is 0 Å². The topological polar surface area (TPSA) is 38.2 Å². The van der Waals surface area contributed by atoms with Crippen molar-refractivity contribution in [3.8, 4) is 0 Å². The predicted octanol–water partition coefficient (Wildman–Crippen LogP) is 0.109. The van der Waals surface area contributed by atoms with Crippen LogP contribution in [-0.2, 0) is 11.3 Å². The fraction of sp³-hybridized carbons (Fsp3) is 0.556. The number of rotatable bonds is 2. The van der Waals surface area contributed by atoms with E-state index in [0.29, 0.717) is 0 Å². The minimum atomic E-state index is 0.828. The number of hydrogen-bond acceptors (Lipinski definition) is 4. The predicted molar refractivity (Wildman–Crippen MR) is 47.0 cm³/mol. The van der Waals surface area contributed by atoms with Crippen LogP contribution in [0.25, 0.3) is 0 Å². The second kappa shape index (κ2) is 4.30. The van der Waals surface area contributed by atoms with Gasteiger partial charge in [-0.1, -0.05) is 0 Å². The monoisotopic (exact) mass is 178 g/mol. The Bertz CT molecular complexity index is 246. The molecule has 0 atom stereocenters. The zero-order chi connectivity index (χ0) is 8.93. The summed E-state index contributed by atoms with van der Waals surface area (Å²) < 4.78 is 5.26. The molecule has 1 fully saturated rings. The van der Waals surface area contributed by atoms with E-state index in [2.05, 4.69) is 21.2 Å². The smallest absolute Gasteiger partial charge is 0.197 e. The van der Waals surface area contributed by atoms with Crippen molar-refractivity contribution in [2.24, 2.45) is 0 Å². The minimum absolute atomic E-state index is 0.828. The highest BCUT2D eigenvalue weighted by molar-refractivity contribution is 4.97. The molecule has 69 valence electrons. The SMILES string of the molecule is [c]1nccc(CN2CCOCC2)n1. The average molecular weight is 178 g/mol. The van der Waals surface area contributed by atoms with Gasteiger partial charge < -0.3 is 4.74 Å². The number of morpholine rings is 1. The standard InChI is InChI=1S/C9H12N3O/c1-2-10-8-11-9(1)7-12-3-5-13-6-4-12/h1-2H,3-7H2. The largest absolute Gasteiger partial charge is 0.379 e. The van der Waals surface area contributed by atoms with Gasteiger partial charge in [0.15, 0.2) is 6.33 Å². The molecule has 13 heavy (non-hydrogen) atoms. The molecular weight excluding hydrogens is 166 g/mol. The first-order valence-corrected chi connectivity index (χ1v) is 4.43. The molecule has 1 aliphatic rings. The van der Waals surface area contributed by atoms with E-state index in [0.717, 1.165) is 38.5 Å². The molecular formula is C9H12N3O. The van der Waals surface area contributed by atoms with E-state index in [1.54, 1.807) is 6.20 Å². The van der Waals surface area contributed by atoms with Crippen LogP contribution in [-0.4, -0.2) is 41.2 Å². The minimum Gasteiger partial charge on any atom is -0.379 e. The molecule has 1 aliphatic heterocycles. The molecule has 2 rings (SSSR count). The molecule has 0 aliphatic carbocycles. The third-order valence-corrected chi connectivity index (χ3v) is 2.08. The van der Waals surface area contributed by atoms with E-state index in [1.165, 1.54) is 0 Å². The van der Waals surface area contributed by atoms with Crippen LogP contribution in [0.2, 0.25) is 0 Å². The van der Waals surface area contributed by atoms with Crippen molar-refractivity contribution in [1.82, 2.24) is 14.9 Å². The Kier molecular flexibility index (Phi) is 2.84. The lowest BCUT2D eigenvalue weighted by atomic mass is 10.3. The molecule has 1 aromatic heterocycles. The van der Waals surface area contributed by atoms with E-state index in [4.69, 9.17) is 4.74 Å². The van der Waals surface area contributed by atoms with Crippen LogP contribution >= 0.6 is 0 Å². The molecule has 0 spiro atoms. The third-order valence-electron chi connectivity index (χ3n) is 2.08. The molecule has 0 unspecified atom stereocenters. The van der Waals surface area contributed by atoms with Gasteiger partial charge in [0.1, 0.15) is 0 Å². The lowest BCUT2D eigenvalue weighted by Gasteiger charge is -2.25. The summed E-state index contributed by atoms with van der Waals surface area (Å²) in [6, 6.07) is 1.92. The Morgan fingerprint density at radius 2 is 2.31 bits per heavy atom. The van der Waals surface area contributed by atoms with Gasteiger partial charge in [0.25, 0.3) is 0 Å². The maximum Gasteiger partial charge on any atom is 0.197 e. The van der Waals surface area contributed by atoms with Crippen molar-refractivity contribution in [2.75, 3.05) is 26.3 Å². The molecule has 1 aromatic rings. The highest BCUT2D eigenvalue weighted by atomic mass is 16.5. The number of aromatic nitrogens is 2. The van der Waals surface area contributed by atoms with Gasteiger partial charge in [0.2, 0.25) is 0 Å². The summed E-state index contributed by atoms with van der Waals surface area (Å²) in [6.45, 7) is 4.51. The van der Waals surface area contributed by atoms with Gasteiger partial charge in [-0.15, -0.1) is 0 Å². The zero-order valence-electron chi connectivity index (χ0n) is 7.44. The Hall–Kier alpha value is -1.00. The molecule has 0 aromatic carbocycles. The lowest BCUT2D eigenvalue weighted by molar-refractivity contribution is 0.0336. The molecule has 2 heterocycles. The van der Waals surface area contributed by atoms with E-state index in [1.807, 2.05) is 6.07 Å². The van der Waals surface area contributed by atoms with Crippen LogP contribution in [0, 0.1) is 6.33 Å². The van der Waals surface area contributed by atoms with Gasteiger partial charge in [-0.3, -0.25) is 4.90 Å². The maximum atomic E-state index is 5.26. The van der Waals surface area contributed by atoms with Gasteiger partial charge in [0, 0.05) is 25.8 Å². The highest BCUT2D eigenvalue weighted by Crippen LogP contribution is 2.02. The Morgan fingerprint density at radius 1 is 1.46 bits per heavy atom. The van der Waals surface area contributed by atoms with Crippen LogP contribution in [0.1, 0.15) is 5.69 Å². The molecule has 0 N–H and O–H groups in total. The van der Waals surface area contributed by atoms with E-state index in [9.17, 15) is 0 Å². The first-order chi connectivity index (χ1) is 6.45. The Balaban J connectivity index is 1.90. The van der Waals surface area contributed by atoms with E-state index in [-0.39, 0.29) is 0 Å². The highest BCUT2D eigenvalue weighted by Gasteiger charge is 2.10. The molecule has 1 radical (unpaired) electrons. The van der Waals surface area contributed by atoms with Crippen molar-refractivity contribution >= 4 is 0 Å². The van der Waals surface area contributed by atoms with Gasteiger partial charge in [-0.25, -0.2) is 9.97 Å². The van der Waals surface area contributed by atoms with Crippen LogP contribution < -0.4 is 0 Å². The summed E-state index contributed by atoms with van der Waals surface area (Å²) in [4.78, 5) is 10.1. The van der Waals surface area contributed by atoms with Gasteiger partial charge in [0.05, 0.1) is 18.9 Å².